The highest BCUT2D eigenvalue weighted by Gasteiger charge is 2.43. The Morgan fingerprint density at radius 1 is 1.12 bits per heavy atom. The molecule has 130 valence electrons. The number of thioether (sulfide) groups is 1. The highest BCUT2D eigenvalue weighted by Crippen LogP contribution is 2.43. The fourth-order valence-electron chi connectivity index (χ4n) is 5.04. The molecule has 1 aromatic carbocycles. The fourth-order valence-corrected chi connectivity index (χ4v) is 6.13. The van der Waals surface area contributed by atoms with Crippen LogP contribution < -0.4 is 5.73 Å². The topological polar surface area (TPSA) is 46.3 Å². The maximum Gasteiger partial charge on any atom is 0.226 e. The van der Waals surface area contributed by atoms with E-state index in [0.29, 0.717) is 23.8 Å². The van der Waals surface area contributed by atoms with Crippen molar-refractivity contribution < 1.29 is 4.79 Å². The van der Waals surface area contributed by atoms with Crippen LogP contribution in [0, 0.1) is 17.8 Å². The van der Waals surface area contributed by atoms with Gasteiger partial charge < -0.3 is 10.6 Å². The smallest absolute Gasteiger partial charge is 0.226 e. The highest BCUT2D eigenvalue weighted by atomic mass is 32.2. The molecular formula is C20H28N2OS. The molecule has 3 fully saturated rings. The third-order valence-corrected chi connectivity index (χ3v) is 7.38. The molecule has 2 saturated carbocycles. The summed E-state index contributed by atoms with van der Waals surface area (Å²) in [5.74, 6) is 3.83. The van der Waals surface area contributed by atoms with Crippen molar-refractivity contribution in [2.45, 2.75) is 44.2 Å². The highest BCUT2D eigenvalue weighted by molar-refractivity contribution is 7.99. The van der Waals surface area contributed by atoms with Gasteiger partial charge in [0.05, 0.1) is 6.04 Å². The van der Waals surface area contributed by atoms with Crippen molar-refractivity contribution in [1.82, 2.24) is 4.90 Å². The van der Waals surface area contributed by atoms with Crippen LogP contribution >= 0.6 is 11.8 Å². The Morgan fingerprint density at radius 3 is 2.54 bits per heavy atom. The number of fused-ring (bicyclic) bond motifs is 2. The molecule has 3 nitrogen and oxygen atoms in total. The minimum absolute atomic E-state index is 0.203. The van der Waals surface area contributed by atoms with Gasteiger partial charge in [-0.15, -0.1) is 0 Å². The summed E-state index contributed by atoms with van der Waals surface area (Å²) in [6.07, 6.45) is 5.78. The molecule has 1 saturated heterocycles. The van der Waals surface area contributed by atoms with Crippen molar-refractivity contribution in [1.29, 1.82) is 0 Å². The molecule has 3 aliphatic rings. The molecule has 3 atom stereocenters. The number of carbonyl (C=O) groups excluding carboxylic acids is 1. The lowest BCUT2D eigenvalue weighted by Gasteiger charge is -2.46. The van der Waals surface area contributed by atoms with Crippen LogP contribution in [0.2, 0.25) is 0 Å². The predicted molar refractivity (Wildman–Crippen MR) is 99.8 cm³/mol. The monoisotopic (exact) mass is 344 g/mol. The molecule has 2 aliphatic carbocycles. The summed E-state index contributed by atoms with van der Waals surface area (Å²) in [6.45, 7) is 0.890. The Labute approximate surface area is 149 Å². The third-order valence-electron chi connectivity index (χ3n) is 6.36. The normalized spacial score (nSPS) is 36.4. The summed E-state index contributed by atoms with van der Waals surface area (Å²) in [6, 6.07) is 11.1. The molecule has 3 unspecified atom stereocenters. The first-order chi connectivity index (χ1) is 11.7. The molecule has 24 heavy (non-hydrogen) atoms. The number of benzene rings is 1. The second-order valence-electron chi connectivity index (χ2n) is 7.73. The van der Waals surface area contributed by atoms with Gasteiger partial charge in [-0.1, -0.05) is 36.8 Å². The average molecular weight is 345 g/mol. The first-order valence-electron chi connectivity index (χ1n) is 9.43. The van der Waals surface area contributed by atoms with Crippen molar-refractivity contribution in [2.75, 3.05) is 18.1 Å². The summed E-state index contributed by atoms with van der Waals surface area (Å²) < 4.78 is 0. The standard InChI is InChI=1S/C20H28N2OS/c21-19-15-7-4-8-16(19)12-17(11-15)20(23)22-9-10-24-13-18(22)14-5-2-1-3-6-14/h1-3,5-6,15-19H,4,7-13,21H2. The van der Waals surface area contributed by atoms with Gasteiger partial charge in [0.1, 0.15) is 0 Å². The van der Waals surface area contributed by atoms with Gasteiger partial charge in [-0.25, -0.2) is 0 Å². The quantitative estimate of drug-likeness (QED) is 0.894. The minimum atomic E-state index is 0.203. The average Bonchev–Trinajstić information content (AvgIpc) is 2.62. The number of hydrogen-bond donors (Lipinski definition) is 1. The zero-order chi connectivity index (χ0) is 16.5. The van der Waals surface area contributed by atoms with E-state index >= 15 is 0 Å². The van der Waals surface area contributed by atoms with Gasteiger partial charge in [0.15, 0.2) is 0 Å². The number of nitrogens with two attached hydrogens (primary N) is 1. The van der Waals surface area contributed by atoms with E-state index in [1.54, 1.807) is 0 Å². The van der Waals surface area contributed by atoms with E-state index in [-0.39, 0.29) is 12.0 Å². The Hall–Kier alpha value is -1.00. The van der Waals surface area contributed by atoms with Crippen LogP contribution in [0.4, 0.5) is 0 Å². The van der Waals surface area contributed by atoms with E-state index in [1.807, 2.05) is 11.8 Å². The van der Waals surface area contributed by atoms with Crippen LogP contribution in [-0.2, 0) is 4.79 Å². The molecular weight excluding hydrogens is 316 g/mol. The van der Waals surface area contributed by atoms with Crippen LogP contribution in [0.3, 0.4) is 0 Å². The second kappa shape index (κ2) is 7.09. The number of nitrogens with zero attached hydrogens (tertiary/aromatic N) is 1. The van der Waals surface area contributed by atoms with Crippen LogP contribution in [0.25, 0.3) is 0 Å². The summed E-state index contributed by atoms with van der Waals surface area (Å²) in [5, 5.41) is 0. The maximum atomic E-state index is 13.4. The Balaban J connectivity index is 1.52. The Kier molecular flexibility index (Phi) is 4.86. The van der Waals surface area contributed by atoms with E-state index in [9.17, 15) is 4.79 Å². The summed E-state index contributed by atoms with van der Waals surface area (Å²) in [5.41, 5.74) is 7.70. The van der Waals surface area contributed by atoms with Gasteiger partial charge in [0.25, 0.3) is 0 Å². The minimum Gasteiger partial charge on any atom is -0.334 e. The van der Waals surface area contributed by atoms with Crippen molar-refractivity contribution in [3.8, 4) is 0 Å². The van der Waals surface area contributed by atoms with Crippen LogP contribution in [0.1, 0.15) is 43.7 Å². The summed E-state index contributed by atoms with van der Waals surface area (Å²) in [7, 11) is 0. The number of rotatable bonds is 2. The molecule has 0 aromatic heterocycles. The number of carbonyl (C=O) groups is 1. The van der Waals surface area contributed by atoms with Crippen molar-refractivity contribution in [3.63, 3.8) is 0 Å². The van der Waals surface area contributed by atoms with Gasteiger partial charge in [0, 0.05) is 30.0 Å². The maximum absolute atomic E-state index is 13.4. The largest absolute Gasteiger partial charge is 0.334 e. The van der Waals surface area contributed by atoms with Crippen LogP contribution in [0.5, 0.6) is 0 Å². The van der Waals surface area contributed by atoms with Crippen LogP contribution in [0.15, 0.2) is 30.3 Å². The lowest BCUT2D eigenvalue weighted by Crippen LogP contribution is -2.51. The molecule has 2 bridgehead atoms. The molecule has 0 radical (unpaired) electrons. The van der Waals surface area contributed by atoms with Gasteiger partial charge in [-0.3, -0.25) is 4.79 Å². The fraction of sp³-hybridized carbons (Fsp3) is 0.650. The lowest BCUT2D eigenvalue weighted by molar-refractivity contribution is -0.140. The molecule has 1 aromatic rings. The van der Waals surface area contributed by atoms with Crippen molar-refractivity contribution in [2.24, 2.45) is 23.5 Å². The molecule has 1 aliphatic heterocycles. The van der Waals surface area contributed by atoms with E-state index < -0.39 is 0 Å². The zero-order valence-electron chi connectivity index (χ0n) is 14.3. The Bertz CT molecular complexity index is 564. The molecule has 1 amide bonds. The van der Waals surface area contributed by atoms with E-state index in [0.717, 1.165) is 30.9 Å². The van der Waals surface area contributed by atoms with Gasteiger partial charge in [-0.2, -0.15) is 11.8 Å². The van der Waals surface area contributed by atoms with Gasteiger partial charge in [0.2, 0.25) is 5.91 Å². The summed E-state index contributed by atoms with van der Waals surface area (Å²) in [4.78, 5) is 15.5. The second-order valence-corrected chi connectivity index (χ2v) is 8.88. The molecule has 2 N–H and O–H groups in total. The Morgan fingerprint density at radius 2 is 1.83 bits per heavy atom. The molecule has 4 heteroatoms. The van der Waals surface area contributed by atoms with E-state index in [1.165, 1.54) is 24.8 Å². The lowest BCUT2D eigenvalue weighted by atomic mass is 9.65. The summed E-state index contributed by atoms with van der Waals surface area (Å²) >= 11 is 1.97. The first kappa shape index (κ1) is 16.5. The van der Waals surface area contributed by atoms with Crippen LogP contribution in [-0.4, -0.2) is 34.9 Å². The number of hydrogen-bond acceptors (Lipinski definition) is 3. The first-order valence-corrected chi connectivity index (χ1v) is 10.6. The molecule has 1 heterocycles. The predicted octanol–water partition coefficient (Wildman–Crippen LogP) is 3.46. The third kappa shape index (κ3) is 3.11. The van der Waals surface area contributed by atoms with Crippen molar-refractivity contribution >= 4 is 17.7 Å². The molecule has 0 spiro atoms. The van der Waals surface area contributed by atoms with E-state index in [2.05, 4.69) is 35.2 Å². The van der Waals surface area contributed by atoms with Gasteiger partial charge >= 0.3 is 0 Å². The SMILES string of the molecule is NC1C2CCCC1CC(C(=O)N1CCSCC1c1ccccc1)C2. The number of amides is 1. The van der Waals surface area contributed by atoms with Gasteiger partial charge in [-0.05, 0) is 43.1 Å². The zero-order valence-corrected chi connectivity index (χ0v) is 15.1. The van der Waals surface area contributed by atoms with E-state index in [4.69, 9.17) is 5.73 Å². The van der Waals surface area contributed by atoms with Crippen molar-refractivity contribution in [3.05, 3.63) is 35.9 Å². The molecule has 4 rings (SSSR count).